The van der Waals surface area contributed by atoms with Crippen molar-refractivity contribution in [3.8, 4) is 0 Å². The highest BCUT2D eigenvalue weighted by Crippen LogP contribution is 2.23. The van der Waals surface area contributed by atoms with Crippen LogP contribution in [0.4, 0.5) is 8.78 Å². The number of halogens is 2. The van der Waals surface area contributed by atoms with E-state index >= 15 is 0 Å². The third-order valence-electron chi connectivity index (χ3n) is 2.89. The third-order valence-corrected chi connectivity index (χ3v) is 2.89. The van der Waals surface area contributed by atoms with Crippen molar-refractivity contribution in [1.29, 1.82) is 0 Å². The van der Waals surface area contributed by atoms with Crippen molar-refractivity contribution in [2.75, 3.05) is 7.05 Å². The van der Waals surface area contributed by atoms with Crippen molar-refractivity contribution in [2.45, 2.75) is 12.5 Å². The lowest BCUT2D eigenvalue weighted by Crippen LogP contribution is -2.21. The van der Waals surface area contributed by atoms with Crippen LogP contribution in [0.1, 0.15) is 17.2 Å². The van der Waals surface area contributed by atoms with Crippen LogP contribution in [0.3, 0.4) is 0 Å². The van der Waals surface area contributed by atoms with Crippen LogP contribution in [-0.4, -0.2) is 16.8 Å². The zero-order valence-corrected chi connectivity index (χ0v) is 10.3. The summed E-state index contributed by atoms with van der Waals surface area (Å²) in [5, 5.41) is 6.98. The fourth-order valence-electron chi connectivity index (χ4n) is 2.01. The van der Waals surface area contributed by atoms with Crippen molar-refractivity contribution in [3.63, 3.8) is 0 Å². The van der Waals surface area contributed by atoms with Crippen LogP contribution in [0.25, 0.3) is 0 Å². The number of nitrogens with one attached hydrogen (secondary N) is 1. The summed E-state index contributed by atoms with van der Waals surface area (Å²) in [6.07, 6.45) is 4.02. The Balaban J connectivity index is 2.28. The third kappa shape index (κ3) is 2.56. The maximum absolute atomic E-state index is 13.7. The van der Waals surface area contributed by atoms with Gasteiger partial charge in [0.1, 0.15) is 11.6 Å². The minimum Gasteiger partial charge on any atom is -0.313 e. The van der Waals surface area contributed by atoms with Crippen molar-refractivity contribution in [2.24, 2.45) is 7.05 Å². The van der Waals surface area contributed by atoms with Crippen LogP contribution in [0.5, 0.6) is 0 Å². The van der Waals surface area contributed by atoms with Crippen molar-refractivity contribution in [1.82, 2.24) is 15.1 Å². The van der Waals surface area contributed by atoms with Crippen LogP contribution in [0.15, 0.2) is 30.6 Å². The summed E-state index contributed by atoms with van der Waals surface area (Å²) < 4.78 is 29.1. The Morgan fingerprint density at radius 1 is 1.33 bits per heavy atom. The molecule has 1 N–H and O–H groups in total. The van der Waals surface area contributed by atoms with Gasteiger partial charge in [0.05, 0.1) is 6.20 Å². The van der Waals surface area contributed by atoms with Crippen LogP contribution in [0.2, 0.25) is 0 Å². The van der Waals surface area contributed by atoms with Gasteiger partial charge in [0.2, 0.25) is 0 Å². The van der Waals surface area contributed by atoms with E-state index in [0.29, 0.717) is 6.42 Å². The largest absolute Gasteiger partial charge is 0.313 e. The summed E-state index contributed by atoms with van der Waals surface area (Å²) in [4.78, 5) is 0. The van der Waals surface area contributed by atoms with Gasteiger partial charge in [-0.15, -0.1) is 0 Å². The number of rotatable bonds is 4. The molecule has 0 fully saturated rings. The predicted molar refractivity (Wildman–Crippen MR) is 65.1 cm³/mol. The fourth-order valence-corrected chi connectivity index (χ4v) is 2.01. The first kappa shape index (κ1) is 12.7. The first-order valence-corrected chi connectivity index (χ1v) is 5.70. The lowest BCUT2D eigenvalue weighted by Gasteiger charge is -2.17. The van der Waals surface area contributed by atoms with Gasteiger partial charge in [0, 0.05) is 24.8 Å². The van der Waals surface area contributed by atoms with E-state index in [-0.39, 0.29) is 5.56 Å². The monoisotopic (exact) mass is 251 g/mol. The smallest absolute Gasteiger partial charge is 0.130 e. The minimum absolute atomic E-state index is 0.0730. The maximum atomic E-state index is 13.7. The second-order valence-electron chi connectivity index (χ2n) is 4.20. The van der Waals surface area contributed by atoms with Crippen LogP contribution in [0, 0.1) is 11.6 Å². The molecule has 0 aliphatic rings. The number of nitrogens with zero attached hydrogens (tertiary/aromatic N) is 2. The number of hydrogen-bond acceptors (Lipinski definition) is 2. The van der Waals surface area contributed by atoms with Crippen LogP contribution < -0.4 is 5.32 Å². The van der Waals surface area contributed by atoms with E-state index in [9.17, 15) is 8.78 Å². The Labute approximate surface area is 104 Å². The topological polar surface area (TPSA) is 29.9 Å². The van der Waals surface area contributed by atoms with E-state index < -0.39 is 17.7 Å². The molecule has 18 heavy (non-hydrogen) atoms. The van der Waals surface area contributed by atoms with E-state index in [1.54, 1.807) is 17.9 Å². The highest BCUT2D eigenvalue weighted by Gasteiger charge is 2.19. The molecule has 5 heteroatoms. The lowest BCUT2D eigenvalue weighted by atomic mass is 10.00. The molecular formula is C13H15F2N3. The summed E-state index contributed by atoms with van der Waals surface area (Å²) in [6.45, 7) is 0. The molecule has 2 rings (SSSR count). The Kier molecular flexibility index (Phi) is 3.72. The number of benzene rings is 1. The van der Waals surface area contributed by atoms with Crippen molar-refractivity contribution >= 4 is 0 Å². The van der Waals surface area contributed by atoms with Gasteiger partial charge in [0.25, 0.3) is 0 Å². The van der Waals surface area contributed by atoms with Gasteiger partial charge < -0.3 is 5.32 Å². The fraction of sp³-hybridized carbons (Fsp3) is 0.308. The predicted octanol–water partition coefficient (Wildman–Crippen LogP) is 2.20. The Hall–Kier alpha value is -1.75. The molecule has 3 nitrogen and oxygen atoms in total. The SMILES string of the molecule is CNC(Cc1cnn(C)c1)c1c(F)cccc1F. The zero-order valence-electron chi connectivity index (χ0n) is 10.3. The van der Waals surface area contributed by atoms with Crippen LogP contribution in [-0.2, 0) is 13.5 Å². The average molecular weight is 251 g/mol. The number of hydrogen-bond donors (Lipinski definition) is 1. The van der Waals surface area contributed by atoms with Crippen molar-refractivity contribution in [3.05, 3.63) is 53.4 Å². The number of aryl methyl sites for hydroxylation is 1. The van der Waals surface area contributed by atoms with E-state index in [4.69, 9.17) is 0 Å². The van der Waals surface area contributed by atoms with E-state index in [0.717, 1.165) is 5.56 Å². The molecule has 96 valence electrons. The van der Waals surface area contributed by atoms with Gasteiger partial charge >= 0.3 is 0 Å². The van der Waals surface area contributed by atoms with Gasteiger partial charge in [-0.2, -0.15) is 5.10 Å². The molecule has 2 aromatic rings. The summed E-state index contributed by atoms with van der Waals surface area (Å²) in [7, 11) is 3.49. The van der Waals surface area contributed by atoms with E-state index in [2.05, 4.69) is 10.4 Å². The molecular weight excluding hydrogens is 236 g/mol. The molecule has 1 aromatic carbocycles. The molecule has 1 unspecified atom stereocenters. The average Bonchev–Trinajstić information content (AvgIpc) is 2.73. The molecule has 0 saturated heterocycles. The summed E-state index contributed by atoms with van der Waals surface area (Å²) in [6, 6.07) is 3.50. The number of likely N-dealkylation sites (N-methyl/N-ethyl adjacent to an activating group) is 1. The molecule has 1 aromatic heterocycles. The first-order chi connectivity index (χ1) is 8.61. The normalized spacial score (nSPS) is 12.7. The van der Waals surface area contributed by atoms with Gasteiger partial charge in [-0.05, 0) is 31.2 Å². The zero-order chi connectivity index (χ0) is 13.1. The Bertz CT molecular complexity index is 517. The second kappa shape index (κ2) is 5.27. The quantitative estimate of drug-likeness (QED) is 0.902. The maximum Gasteiger partial charge on any atom is 0.130 e. The van der Waals surface area contributed by atoms with Crippen molar-refractivity contribution < 1.29 is 8.78 Å². The molecule has 0 aliphatic carbocycles. The van der Waals surface area contributed by atoms with Gasteiger partial charge in [-0.25, -0.2) is 8.78 Å². The molecule has 0 saturated carbocycles. The lowest BCUT2D eigenvalue weighted by molar-refractivity contribution is 0.489. The molecule has 0 amide bonds. The Morgan fingerprint density at radius 2 is 2.00 bits per heavy atom. The summed E-state index contributed by atoms with van der Waals surface area (Å²) in [5.41, 5.74) is 1.00. The van der Waals surface area contributed by atoms with E-state index in [1.165, 1.54) is 18.2 Å². The van der Waals surface area contributed by atoms with Gasteiger partial charge in [-0.1, -0.05) is 6.07 Å². The second-order valence-corrected chi connectivity index (χ2v) is 4.20. The molecule has 0 spiro atoms. The molecule has 1 atom stereocenters. The highest BCUT2D eigenvalue weighted by atomic mass is 19.1. The highest BCUT2D eigenvalue weighted by molar-refractivity contribution is 5.25. The van der Waals surface area contributed by atoms with E-state index in [1.807, 2.05) is 13.2 Å². The number of aromatic nitrogens is 2. The standard InChI is InChI=1S/C13H15F2N3/c1-16-12(6-9-7-17-18(2)8-9)13-10(14)4-3-5-11(13)15/h3-5,7-8,12,16H,6H2,1-2H3. The minimum atomic E-state index is -0.529. The molecule has 1 heterocycles. The van der Waals surface area contributed by atoms with Gasteiger partial charge in [-0.3, -0.25) is 4.68 Å². The molecule has 0 aliphatic heterocycles. The van der Waals surface area contributed by atoms with Crippen LogP contribution >= 0.6 is 0 Å². The first-order valence-electron chi connectivity index (χ1n) is 5.70. The molecule has 0 radical (unpaired) electrons. The Morgan fingerprint density at radius 3 is 2.50 bits per heavy atom. The summed E-state index contributed by atoms with van der Waals surface area (Å²) in [5.74, 6) is -1.06. The summed E-state index contributed by atoms with van der Waals surface area (Å²) >= 11 is 0. The van der Waals surface area contributed by atoms with Gasteiger partial charge in [0.15, 0.2) is 0 Å². The molecule has 0 bridgehead atoms.